The molecule has 0 bridgehead atoms. The molecular formula is C57H45N4P3S3. The van der Waals surface area contributed by atoms with E-state index in [1.807, 2.05) is 12.4 Å². The first-order valence-corrected chi connectivity index (χ1v) is 30.9. The van der Waals surface area contributed by atoms with E-state index in [4.69, 9.17) is 50.4 Å². The Hall–Kier alpha value is -5.48. The molecule has 0 saturated carbocycles. The van der Waals surface area contributed by atoms with Crippen LogP contribution in [-0.2, 0) is 35.4 Å². The Kier molecular flexibility index (Phi) is 9.93. The number of hydrogen-bond acceptors (Lipinski definition) is 7. The highest BCUT2D eigenvalue weighted by atomic mass is 32.4. The molecule has 2 atom stereocenters. The van der Waals surface area contributed by atoms with Gasteiger partial charge in [0.05, 0.1) is 28.5 Å². The fraction of sp³-hybridized carbons (Fsp3) is 0.105. The van der Waals surface area contributed by atoms with E-state index in [0.717, 1.165) is 115 Å². The van der Waals surface area contributed by atoms with Crippen LogP contribution in [0.5, 0.6) is 0 Å². The zero-order valence-electron chi connectivity index (χ0n) is 37.9. The summed E-state index contributed by atoms with van der Waals surface area (Å²) in [5.41, 5.74) is 15.8. The van der Waals surface area contributed by atoms with Crippen LogP contribution in [0.1, 0.15) is 33.6 Å². The first-order valence-electron chi connectivity index (χ1n) is 22.5. The maximum absolute atomic E-state index is 7.62. The molecule has 12 rings (SSSR count). The summed E-state index contributed by atoms with van der Waals surface area (Å²) in [4.78, 5) is 17.7. The van der Waals surface area contributed by atoms with Crippen LogP contribution in [-0.4, -0.2) is 15.0 Å². The molecule has 6 heterocycles. The average molecular weight is 975 g/mol. The second-order valence-corrected chi connectivity index (χ2v) is 31.4. The third kappa shape index (κ3) is 6.36. The van der Waals surface area contributed by atoms with E-state index in [-0.39, 0.29) is 0 Å². The lowest BCUT2D eigenvalue weighted by Gasteiger charge is -2.52. The fourth-order valence-corrected chi connectivity index (χ4v) is 23.4. The van der Waals surface area contributed by atoms with Crippen molar-refractivity contribution in [2.45, 2.75) is 41.5 Å². The summed E-state index contributed by atoms with van der Waals surface area (Å²) in [6.07, 6.45) is 3.90. The molecule has 0 fully saturated rings. The molecule has 10 heteroatoms. The maximum atomic E-state index is 7.62. The van der Waals surface area contributed by atoms with Gasteiger partial charge in [-0.25, -0.2) is 0 Å². The second-order valence-electron chi connectivity index (χ2n) is 18.3. The zero-order valence-corrected chi connectivity index (χ0v) is 43.1. The van der Waals surface area contributed by atoms with Gasteiger partial charge in [0.1, 0.15) is 0 Å². The van der Waals surface area contributed by atoms with Crippen molar-refractivity contribution in [2.75, 3.05) is 4.90 Å². The van der Waals surface area contributed by atoms with E-state index >= 15 is 0 Å². The van der Waals surface area contributed by atoms with E-state index in [1.54, 1.807) is 0 Å². The zero-order chi connectivity index (χ0) is 46.1. The number of nitrogens with zero attached hydrogens (tertiary/aromatic N) is 4. The van der Waals surface area contributed by atoms with Gasteiger partial charge in [0.25, 0.3) is 0 Å². The average Bonchev–Trinajstić information content (AvgIpc) is 3.33. The Morgan fingerprint density at radius 3 is 1.03 bits per heavy atom. The molecular weight excluding hydrogens is 930 g/mol. The summed E-state index contributed by atoms with van der Waals surface area (Å²) >= 11 is 22.9. The lowest BCUT2D eigenvalue weighted by molar-refractivity contribution is 1.20. The van der Waals surface area contributed by atoms with Crippen LogP contribution in [0.2, 0.25) is 0 Å². The highest BCUT2D eigenvalue weighted by molar-refractivity contribution is 8.28. The molecule has 0 aliphatic carbocycles. The van der Waals surface area contributed by atoms with Gasteiger partial charge in [-0.15, -0.1) is 0 Å². The van der Waals surface area contributed by atoms with Gasteiger partial charge in [-0.05, 0) is 135 Å². The molecule has 0 amide bonds. The van der Waals surface area contributed by atoms with Crippen LogP contribution in [0, 0.1) is 41.5 Å². The number of rotatable bonds is 6. The van der Waals surface area contributed by atoms with E-state index < -0.39 is 18.1 Å². The summed E-state index contributed by atoms with van der Waals surface area (Å²) in [6.45, 7) is 12.7. The molecule has 0 N–H and O–H groups in total. The Morgan fingerprint density at radius 1 is 0.358 bits per heavy atom. The standard InChI is InChI=1S/C57H45N4P3S3/c1-34-13-19-44(20-14-34)62(65)49-26-40(43-25-37(4)32-58-33-43)27-50-55(49)61-56-51(62)28-41(47-11-7-9-38(5)59-47)30-53(56)64(67,46-23-17-36(3)18-24-46)54-31-42(48-12-8-10-39(6)60-48)29-52(57(54)61)63(50,66)45-21-15-35(2)16-22-45/h7-33H,1-6H3. The fourth-order valence-electron chi connectivity index (χ4n) is 10.3. The molecule has 6 aromatic carbocycles. The number of benzene rings is 6. The lowest BCUT2D eigenvalue weighted by atomic mass is 10.0. The minimum Gasteiger partial charge on any atom is -0.306 e. The number of aromatic nitrogens is 3. The Balaban J connectivity index is 1.34. The molecule has 3 aliphatic rings. The number of hydrogen-bond donors (Lipinski definition) is 0. The Morgan fingerprint density at radius 2 is 0.701 bits per heavy atom. The van der Waals surface area contributed by atoms with Crippen LogP contribution in [0.3, 0.4) is 0 Å². The van der Waals surface area contributed by atoms with Gasteiger partial charge in [-0.2, -0.15) is 0 Å². The number of pyridine rings is 3. The molecule has 0 saturated heterocycles. The van der Waals surface area contributed by atoms with Crippen molar-refractivity contribution in [1.82, 2.24) is 15.0 Å². The number of anilines is 3. The minimum absolute atomic E-state index is 0.902. The smallest absolute Gasteiger partial charge is 0.0705 e. The molecule has 0 spiro atoms. The Labute approximate surface area is 408 Å². The summed E-state index contributed by atoms with van der Waals surface area (Å²) in [6, 6.07) is 47.3. The number of aryl methyl sites for hydroxylation is 6. The second kappa shape index (κ2) is 15.5. The van der Waals surface area contributed by atoms with Gasteiger partial charge in [-0.3, -0.25) is 15.0 Å². The SMILES string of the molecule is Cc1ccc(P2(=S)c3cc(-c4cncc(C)c4)cc4c3N3c5c2cc(-c2cccc(C)n2)cc5P(=S)(c2ccc(C)cc2)c2cc(-c5cccc(C)n5)cc(c23)P4(=S)c2ccc(C)cc2)cc1. The first-order chi connectivity index (χ1) is 32.3. The molecule has 9 aromatic rings. The summed E-state index contributed by atoms with van der Waals surface area (Å²) in [5.74, 6) is 0. The van der Waals surface area contributed by atoms with Crippen molar-refractivity contribution < 1.29 is 0 Å². The van der Waals surface area contributed by atoms with Crippen LogP contribution in [0.15, 0.2) is 164 Å². The van der Waals surface area contributed by atoms with Gasteiger partial charge in [0.2, 0.25) is 0 Å². The minimum atomic E-state index is -2.94. The van der Waals surface area contributed by atoms with Crippen LogP contribution >= 0.6 is 18.1 Å². The molecule has 2 unspecified atom stereocenters. The van der Waals surface area contributed by atoms with Crippen molar-refractivity contribution >= 4 is 118 Å². The summed E-state index contributed by atoms with van der Waals surface area (Å²) in [7, 11) is 0. The molecule has 4 nitrogen and oxygen atoms in total. The highest BCUT2D eigenvalue weighted by Crippen LogP contribution is 2.66. The normalized spacial score (nSPS) is 19.5. The van der Waals surface area contributed by atoms with E-state index in [0.29, 0.717) is 0 Å². The van der Waals surface area contributed by atoms with Crippen molar-refractivity contribution in [3.05, 3.63) is 198 Å². The topological polar surface area (TPSA) is 41.9 Å². The van der Waals surface area contributed by atoms with Crippen molar-refractivity contribution in [2.24, 2.45) is 0 Å². The molecule has 326 valence electrons. The van der Waals surface area contributed by atoms with Gasteiger partial charge in [0.15, 0.2) is 0 Å². The van der Waals surface area contributed by atoms with Gasteiger partial charge in [-0.1, -0.05) is 137 Å². The van der Waals surface area contributed by atoms with E-state index in [1.165, 1.54) is 16.7 Å². The first kappa shape index (κ1) is 42.8. The van der Waals surface area contributed by atoms with Gasteiger partial charge >= 0.3 is 0 Å². The summed E-state index contributed by atoms with van der Waals surface area (Å²) < 4.78 is 0. The lowest BCUT2D eigenvalue weighted by Crippen LogP contribution is -2.52. The predicted octanol–water partition coefficient (Wildman–Crippen LogP) is 10.4. The van der Waals surface area contributed by atoms with Gasteiger partial charge in [0, 0.05) is 90.4 Å². The molecule has 0 radical (unpaired) electrons. The van der Waals surface area contributed by atoms with Crippen molar-refractivity contribution in [3.63, 3.8) is 0 Å². The monoisotopic (exact) mass is 974 g/mol. The largest absolute Gasteiger partial charge is 0.306 e. The van der Waals surface area contributed by atoms with Crippen LogP contribution < -0.4 is 52.6 Å². The maximum Gasteiger partial charge on any atom is 0.0705 e. The molecule has 3 aliphatic heterocycles. The molecule has 3 aromatic heterocycles. The van der Waals surface area contributed by atoms with Gasteiger partial charge < -0.3 is 4.90 Å². The predicted molar refractivity (Wildman–Crippen MR) is 298 cm³/mol. The van der Waals surface area contributed by atoms with Crippen molar-refractivity contribution in [3.8, 4) is 33.6 Å². The van der Waals surface area contributed by atoms with Crippen LogP contribution in [0.25, 0.3) is 33.6 Å². The Bertz CT molecular complexity index is 3270. The third-order valence-corrected chi connectivity index (χ3v) is 28.3. The van der Waals surface area contributed by atoms with E-state index in [9.17, 15) is 0 Å². The third-order valence-electron chi connectivity index (χ3n) is 13.7. The van der Waals surface area contributed by atoms with E-state index in [2.05, 4.69) is 198 Å². The quantitative estimate of drug-likeness (QED) is 0.154. The summed E-state index contributed by atoms with van der Waals surface area (Å²) in [5, 5.41) is 10.2. The molecule has 67 heavy (non-hydrogen) atoms. The highest BCUT2D eigenvalue weighted by Gasteiger charge is 2.53. The van der Waals surface area contributed by atoms with Crippen molar-refractivity contribution in [1.29, 1.82) is 0 Å². The van der Waals surface area contributed by atoms with Crippen LogP contribution in [0.4, 0.5) is 17.1 Å².